The first kappa shape index (κ1) is 7.31. The average Bonchev–Trinajstić information content (AvgIpc) is 2.61. The molecule has 2 aromatic rings. The van der Waals surface area contributed by atoms with E-state index in [1.807, 2.05) is 0 Å². The van der Waals surface area contributed by atoms with Crippen LogP contribution in [0.25, 0.3) is 5.82 Å². The monoisotopic (exact) mass is 191 g/mol. The van der Waals surface area contributed by atoms with Crippen LogP contribution in [0.1, 0.15) is 5.82 Å². The predicted molar refractivity (Wildman–Crippen MR) is 44.2 cm³/mol. The SMILES string of the molecule is O=c1onc2n1-c1ncccc1OC2. The van der Waals surface area contributed by atoms with Gasteiger partial charge in [0, 0.05) is 6.20 Å². The summed E-state index contributed by atoms with van der Waals surface area (Å²) in [6, 6.07) is 3.48. The van der Waals surface area contributed by atoms with Gasteiger partial charge in [0.2, 0.25) is 0 Å². The summed E-state index contributed by atoms with van der Waals surface area (Å²) in [4.78, 5) is 15.3. The van der Waals surface area contributed by atoms with Gasteiger partial charge >= 0.3 is 5.76 Å². The van der Waals surface area contributed by atoms with Crippen LogP contribution >= 0.6 is 0 Å². The molecule has 0 amide bonds. The Balaban J connectivity index is 2.38. The first-order valence-corrected chi connectivity index (χ1v) is 4.02. The Morgan fingerprint density at radius 2 is 2.43 bits per heavy atom. The van der Waals surface area contributed by atoms with Gasteiger partial charge in [-0.15, -0.1) is 0 Å². The van der Waals surface area contributed by atoms with Crippen LogP contribution in [0.5, 0.6) is 5.75 Å². The van der Waals surface area contributed by atoms with Crippen molar-refractivity contribution in [2.24, 2.45) is 0 Å². The van der Waals surface area contributed by atoms with Gasteiger partial charge in [-0.1, -0.05) is 5.16 Å². The fourth-order valence-electron chi connectivity index (χ4n) is 1.38. The third kappa shape index (κ3) is 0.819. The van der Waals surface area contributed by atoms with Crippen molar-refractivity contribution in [3.05, 3.63) is 34.7 Å². The average molecular weight is 191 g/mol. The van der Waals surface area contributed by atoms with Crippen LogP contribution in [0.3, 0.4) is 0 Å². The zero-order chi connectivity index (χ0) is 9.54. The number of rotatable bonds is 0. The normalized spacial score (nSPS) is 12.9. The molecule has 6 nitrogen and oxygen atoms in total. The summed E-state index contributed by atoms with van der Waals surface area (Å²) in [5.41, 5.74) is 0. The highest BCUT2D eigenvalue weighted by Gasteiger charge is 2.22. The Kier molecular flexibility index (Phi) is 1.27. The molecule has 0 fully saturated rings. The largest absolute Gasteiger partial charge is 0.482 e. The van der Waals surface area contributed by atoms with E-state index in [4.69, 9.17) is 4.74 Å². The minimum atomic E-state index is -0.539. The van der Waals surface area contributed by atoms with Crippen molar-refractivity contribution in [2.75, 3.05) is 0 Å². The first-order valence-electron chi connectivity index (χ1n) is 4.02. The molecule has 0 saturated heterocycles. The lowest BCUT2D eigenvalue weighted by molar-refractivity contribution is 0.272. The van der Waals surface area contributed by atoms with Crippen molar-refractivity contribution in [1.82, 2.24) is 14.7 Å². The minimum Gasteiger partial charge on any atom is -0.482 e. The van der Waals surface area contributed by atoms with Crippen LogP contribution < -0.4 is 10.5 Å². The Morgan fingerprint density at radius 3 is 3.36 bits per heavy atom. The van der Waals surface area contributed by atoms with Gasteiger partial charge < -0.3 is 4.74 Å². The Labute approximate surface area is 77.7 Å². The number of hydrogen-bond donors (Lipinski definition) is 0. The van der Waals surface area contributed by atoms with Gasteiger partial charge in [-0.3, -0.25) is 4.52 Å². The zero-order valence-corrected chi connectivity index (χ0v) is 7.01. The summed E-state index contributed by atoms with van der Waals surface area (Å²) in [6.45, 7) is 0.227. The molecule has 0 N–H and O–H groups in total. The molecular formula is C8H5N3O3. The number of aromatic nitrogens is 3. The molecule has 14 heavy (non-hydrogen) atoms. The molecule has 0 aromatic carbocycles. The molecule has 0 spiro atoms. The third-order valence-electron chi connectivity index (χ3n) is 1.99. The highest BCUT2D eigenvalue weighted by Crippen LogP contribution is 2.24. The molecule has 1 aliphatic heterocycles. The second-order valence-electron chi connectivity index (χ2n) is 2.81. The van der Waals surface area contributed by atoms with Gasteiger partial charge in [0.05, 0.1) is 0 Å². The highest BCUT2D eigenvalue weighted by molar-refractivity contribution is 5.41. The predicted octanol–water partition coefficient (Wildman–Crippen LogP) is 0.113. The fourth-order valence-corrected chi connectivity index (χ4v) is 1.38. The van der Waals surface area contributed by atoms with Crippen molar-refractivity contribution in [2.45, 2.75) is 6.61 Å². The molecule has 0 saturated carbocycles. The maximum absolute atomic E-state index is 11.3. The van der Waals surface area contributed by atoms with E-state index in [2.05, 4.69) is 14.7 Å². The molecular weight excluding hydrogens is 186 g/mol. The zero-order valence-electron chi connectivity index (χ0n) is 7.01. The Hall–Kier alpha value is -2.11. The fraction of sp³-hybridized carbons (Fsp3) is 0.125. The lowest BCUT2D eigenvalue weighted by Crippen LogP contribution is -2.22. The molecule has 70 valence electrons. The van der Waals surface area contributed by atoms with Crippen LogP contribution in [0, 0.1) is 0 Å². The van der Waals surface area contributed by atoms with E-state index in [-0.39, 0.29) is 6.61 Å². The molecule has 6 heteroatoms. The quantitative estimate of drug-likeness (QED) is 0.591. The van der Waals surface area contributed by atoms with Gasteiger partial charge in [0.1, 0.15) is 0 Å². The van der Waals surface area contributed by atoms with Crippen molar-refractivity contribution in [1.29, 1.82) is 0 Å². The molecule has 3 rings (SSSR count). The third-order valence-corrected chi connectivity index (χ3v) is 1.99. The van der Waals surface area contributed by atoms with Crippen LogP contribution in [0.4, 0.5) is 0 Å². The van der Waals surface area contributed by atoms with Crippen molar-refractivity contribution in [3.8, 4) is 11.6 Å². The molecule has 1 aliphatic rings. The van der Waals surface area contributed by atoms with Crippen molar-refractivity contribution >= 4 is 0 Å². The van der Waals surface area contributed by atoms with E-state index in [1.165, 1.54) is 4.57 Å². The molecule has 0 aliphatic carbocycles. The molecule has 0 atom stereocenters. The maximum Gasteiger partial charge on any atom is 0.447 e. The summed E-state index contributed by atoms with van der Waals surface area (Å²) in [6.07, 6.45) is 1.58. The number of ether oxygens (including phenoxy) is 1. The van der Waals surface area contributed by atoms with Gasteiger partial charge in [0.25, 0.3) is 0 Å². The summed E-state index contributed by atoms with van der Waals surface area (Å²) >= 11 is 0. The van der Waals surface area contributed by atoms with E-state index < -0.39 is 5.76 Å². The second kappa shape index (κ2) is 2.44. The van der Waals surface area contributed by atoms with E-state index in [9.17, 15) is 4.79 Å². The van der Waals surface area contributed by atoms with E-state index >= 15 is 0 Å². The van der Waals surface area contributed by atoms with Gasteiger partial charge in [-0.25, -0.2) is 14.3 Å². The van der Waals surface area contributed by atoms with Crippen LogP contribution in [0.15, 0.2) is 27.6 Å². The lowest BCUT2D eigenvalue weighted by Gasteiger charge is -2.14. The number of hydrogen-bond acceptors (Lipinski definition) is 5. The molecule has 2 aromatic heterocycles. The van der Waals surface area contributed by atoms with Crippen LogP contribution in [-0.4, -0.2) is 14.7 Å². The van der Waals surface area contributed by atoms with E-state index in [0.29, 0.717) is 17.4 Å². The minimum absolute atomic E-state index is 0.227. The summed E-state index contributed by atoms with van der Waals surface area (Å²) in [5.74, 6) is 0.884. The number of fused-ring (bicyclic) bond motifs is 3. The second-order valence-corrected chi connectivity index (χ2v) is 2.81. The molecule has 0 bridgehead atoms. The first-order chi connectivity index (χ1) is 6.86. The Morgan fingerprint density at radius 1 is 1.50 bits per heavy atom. The van der Waals surface area contributed by atoms with Crippen LogP contribution in [0.2, 0.25) is 0 Å². The van der Waals surface area contributed by atoms with Gasteiger partial charge in [-0.2, -0.15) is 0 Å². The standard InChI is InChI=1S/C8H5N3O3/c12-8-11-6(10-14-8)4-13-5-2-1-3-9-7(5)11/h1-3H,4H2. The topological polar surface area (TPSA) is 70.2 Å². The van der Waals surface area contributed by atoms with Crippen molar-refractivity contribution < 1.29 is 9.26 Å². The van der Waals surface area contributed by atoms with E-state index in [0.717, 1.165) is 0 Å². The van der Waals surface area contributed by atoms with Gasteiger partial charge in [-0.05, 0) is 12.1 Å². The smallest absolute Gasteiger partial charge is 0.447 e. The Bertz CT molecular complexity index is 543. The summed E-state index contributed by atoms with van der Waals surface area (Å²) < 4.78 is 11.1. The molecule has 0 radical (unpaired) electrons. The molecule has 0 unspecified atom stereocenters. The summed E-state index contributed by atoms with van der Waals surface area (Å²) in [5, 5.41) is 3.57. The van der Waals surface area contributed by atoms with Crippen LogP contribution in [-0.2, 0) is 6.61 Å². The molecule has 3 heterocycles. The maximum atomic E-state index is 11.3. The highest BCUT2D eigenvalue weighted by atomic mass is 16.5. The van der Waals surface area contributed by atoms with E-state index in [1.54, 1.807) is 18.3 Å². The van der Waals surface area contributed by atoms with Crippen molar-refractivity contribution in [3.63, 3.8) is 0 Å². The van der Waals surface area contributed by atoms with Gasteiger partial charge in [0.15, 0.2) is 24.0 Å². The number of pyridine rings is 1. The number of nitrogens with zero attached hydrogens (tertiary/aromatic N) is 3. The summed E-state index contributed by atoms with van der Waals surface area (Å²) in [7, 11) is 0. The lowest BCUT2D eigenvalue weighted by atomic mass is 10.4.